The third-order valence-corrected chi connectivity index (χ3v) is 3.67. The number of ether oxygens (including phenoxy) is 2. The van der Waals surface area contributed by atoms with Crippen LogP contribution >= 0.6 is 0 Å². The van der Waals surface area contributed by atoms with E-state index in [2.05, 4.69) is 15.5 Å². The average molecular weight is 381 g/mol. The molecule has 1 atom stereocenters. The van der Waals surface area contributed by atoms with E-state index in [1.165, 1.54) is 0 Å². The smallest absolute Gasteiger partial charge is 0.347 e. The second-order valence-electron chi connectivity index (χ2n) is 6.01. The fourth-order valence-electron chi connectivity index (χ4n) is 2.32. The Labute approximate surface area is 161 Å². The van der Waals surface area contributed by atoms with Crippen LogP contribution < -0.4 is 10.1 Å². The van der Waals surface area contributed by atoms with Gasteiger partial charge in [0.25, 0.3) is 5.91 Å². The van der Waals surface area contributed by atoms with Gasteiger partial charge >= 0.3 is 12.0 Å². The number of aromatic nitrogens is 2. The summed E-state index contributed by atoms with van der Waals surface area (Å²) in [6.07, 6.45) is -0.859. The topological polar surface area (TPSA) is 104 Å². The summed E-state index contributed by atoms with van der Waals surface area (Å²) >= 11 is 0. The van der Waals surface area contributed by atoms with Crippen molar-refractivity contribution in [3.8, 4) is 17.2 Å². The molecule has 0 saturated carbocycles. The molecular formula is C20H19N3O5. The number of aryl methyl sites for hydroxylation is 1. The molecule has 28 heavy (non-hydrogen) atoms. The van der Waals surface area contributed by atoms with E-state index in [-0.39, 0.29) is 11.9 Å². The van der Waals surface area contributed by atoms with Crippen LogP contribution in [0.2, 0.25) is 0 Å². The fraction of sp³-hybridized carbons (Fsp3) is 0.200. The minimum atomic E-state index is -0.859. The van der Waals surface area contributed by atoms with Crippen molar-refractivity contribution in [2.45, 2.75) is 20.0 Å². The van der Waals surface area contributed by atoms with Crippen molar-refractivity contribution >= 4 is 17.9 Å². The van der Waals surface area contributed by atoms with Crippen molar-refractivity contribution in [3.63, 3.8) is 0 Å². The van der Waals surface area contributed by atoms with Crippen molar-refractivity contribution in [3.05, 3.63) is 60.2 Å². The van der Waals surface area contributed by atoms with Gasteiger partial charge in [-0.05, 0) is 43.7 Å². The Balaban J connectivity index is 1.47. The van der Waals surface area contributed by atoms with Gasteiger partial charge in [-0.1, -0.05) is 35.4 Å². The van der Waals surface area contributed by atoms with E-state index in [4.69, 9.17) is 13.9 Å². The summed E-state index contributed by atoms with van der Waals surface area (Å²) in [6, 6.07) is 16.3. The molecule has 0 aliphatic heterocycles. The molecule has 1 amide bonds. The minimum absolute atomic E-state index is 0.0797. The SMILES string of the molecule is Cc1cccc(O[C@@H](C)C(=O)OCC(=O)Nc2nnc(-c3ccccc3)o2)c1. The number of nitrogens with one attached hydrogen (secondary N) is 1. The van der Waals surface area contributed by atoms with Gasteiger partial charge in [0.15, 0.2) is 12.7 Å². The fourth-order valence-corrected chi connectivity index (χ4v) is 2.32. The van der Waals surface area contributed by atoms with E-state index in [0.717, 1.165) is 11.1 Å². The van der Waals surface area contributed by atoms with Crippen LogP contribution in [0.4, 0.5) is 6.01 Å². The van der Waals surface area contributed by atoms with Gasteiger partial charge in [0, 0.05) is 5.56 Å². The van der Waals surface area contributed by atoms with Crippen LogP contribution in [-0.2, 0) is 14.3 Å². The molecule has 1 heterocycles. The van der Waals surface area contributed by atoms with Crippen LogP contribution in [0, 0.1) is 6.92 Å². The summed E-state index contributed by atoms with van der Waals surface area (Å²) in [7, 11) is 0. The van der Waals surface area contributed by atoms with Crippen molar-refractivity contribution in [1.82, 2.24) is 10.2 Å². The lowest BCUT2D eigenvalue weighted by Crippen LogP contribution is -2.29. The second-order valence-corrected chi connectivity index (χ2v) is 6.01. The lowest BCUT2D eigenvalue weighted by atomic mass is 10.2. The first-order valence-electron chi connectivity index (χ1n) is 8.60. The lowest BCUT2D eigenvalue weighted by molar-refractivity contribution is -0.153. The normalized spacial score (nSPS) is 11.5. The third-order valence-electron chi connectivity index (χ3n) is 3.67. The van der Waals surface area contributed by atoms with Crippen molar-refractivity contribution < 1.29 is 23.5 Å². The molecule has 0 spiro atoms. The molecule has 1 N–H and O–H groups in total. The number of nitrogens with zero attached hydrogens (tertiary/aromatic N) is 2. The van der Waals surface area contributed by atoms with Crippen LogP contribution in [-0.4, -0.2) is 34.8 Å². The predicted molar refractivity (Wildman–Crippen MR) is 101 cm³/mol. The van der Waals surface area contributed by atoms with E-state index >= 15 is 0 Å². The summed E-state index contributed by atoms with van der Waals surface area (Å²) in [5, 5.41) is 9.99. The van der Waals surface area contributed by atoms with Crippen LogP contribution in [0.1, 0.15) is 12.5 Å². The van der Waals surface area contributed by atoms with Crippen LogP contribution in [0.15, 0.2) is 59.0 Å². The Kier molecular flexibility index (Phi) is 6.01. The van der Waals surface area contributed by atoms with Gasteiger partial charge in [0.1, 0.15) is 5.75 Å². The Morgan fingerprint density at radius 2 is 1.89 bits per heavy atom. The molecule has 0 radical (unpaired) electrons. The molecule has 0 fully saturated rings. The summed E-state index contributed by atoms with van der Waals surface area (Å²) < 4.78 is 15.8. The monoisotopic (exact) mass is 381 g/mol. The maximum absolute atomic E-state index is 12.0. The van der Waals surface area contributed by atoms with Crippen LogP contribution in [0.5, 0.6) is 5.75 Å². The largest absolute Gasteiger partial charge is 0.479 e. The number of esters is 1. The molecule has 0 saturated heterocycles. The highest BCUT2D eigenvalue weighted by Gasteiger charge is 2.19. The summed E-state index contributed by atoms with van der Waals surface area (Å²) in [6.45, 7) is 2.97. The Bertz CT molecular complexity index is 955. The number of anilines is 1. The maximum Gasteiger partial charge on any atom is 0.347 e. The second kappa shape index (κ2) is 8.81. The molecule has 144 valence electrons. The van der Waals surface area contributed by atoms with Gasteiger partial charge in [-0.2, -0.15) is 0 Å². The Morgan fingerprint density at radius 3 is 2.64 bits per heavy atom. The highest BCUT2D eigenvalue weighted by atomic mass is 16.6. The summed E-state index contributed by atoms with van der Waals surface area (Å²) in [4.78, 5) is 23.9. The molecule has 2 aromatic carbocycles. The van der Waals surface area contributed by atoms with E-state index in [1.807, 2.05) is 37.3 Å². The van der Waals surface area contributed by atoms with Gasteiger partial charge in [-0.3, -0.25) is 10.1 Å². The molecular weight excluding hydrogens is 362 g/mol. The molecule has 0 unspecified atom stereocenters. The van der Waals surface area contributed by atoms with Crippen LogP contribution in [0.3, 0.4) is 0 Å². The van der Waals surface area contributed by atoms with E-state index in [1.54, 1.807) is 31.2 Å². The van der Waals surface area contributed by atoms with Gasteiger partial charge in [0.2, 0.25) is 5.89 Å². The number of benzene rings is 2. The van der Waals surface area contributed by atoms with Crippen molar-refractivity contribution in [2.75, 3.05) is 11.9 Å². The van der Waals surface area contributed by atoms with Gasteiger partial charge in [-0.25, -0.2) is 4.79 Å². The van der Waals surface area contributed by atoms with Gasteiger partial charge in [0.05, 0.1) is 0 Å². The van der Waals surface area contributed by atoms with Crippen LogP contribution in [0.25, 0.3) is 11.5 Å². The Morgan fingerprint density at radius 1 is 1.11 bits per heavy atom. The number of carbonyl (C=O) groups is 2. The highest BCUT2D eigenvalue weighted by molar-refractivity contribution is 5.91. The number of hydrogen-bond acceptors (Lipinski definition) is 7. The molecule has 0 aliphatic rings. The molecule has 8 nitrogen and oxygen atoms in total. The molecule has 8 heteroatoms. The highest BCUT2D eigenvalue weighted by Crippen LogP contribution is 2.19. The van der Waals surface area contributed by atoms with E-state index < -0.39 is 24.6 Å². The molecule has 0 aliphatic carbocycles. The number of amides is 1. The van der Waals surface area contributed by atoms with Crippen molar-refractivity contribution in [1.29, 1.82) is 0 Å². The molecule has 3 aromatic rings. The first kappa shape index (κ1) is 19.1. The predicted octanol–water partition coefficient (Wildman–Crippen LogP) is 2.99. The zero-order chi connectivity index (χ0) is 19.9. The van der Waals surface area contributed by atoms with Gasteiger partial charge in [-0.15, -0.1) is 5.10 Å². The average Bonchev–Trinajstić information content (AvgIpc) is 3.15. The minimum Gasteiger partial charge on any atom is -0.479 e. The van der Waals surface area contributed by atoms with Gasteiger partial charge < -0.3 is 13.9 Å². The Hall–Kier alpha value is -3.68. The number of carbonyl (C=O) groups excluding carboxylic acids is 2. The first-order valence-corrected chi connectivity index (χ1v) is 8.60. The van der Waals surface area contributed by atoms with Crippen molar-refractivity contribution in [2.24, 2.45) is 0 Å². The van der Waals surface area contributed by atoms with E-state index in [0.29, 0.717) is 5.75 Å². The lowest BCUT2D eigenvalue weighted by Gasteiger charge is -2.14. The van der Waals surface area contributed by atoms with E-state index in [9.17, 15) is 9.59 Å². The molecule has 0 bridgehead atoms. The first-order chi connectivity index (χ1) is 13.5. The molecule has 3 rings (SSSR count). The molecule has 1 aromatic heterocycles. The number of rotatable bonds is 7. The summed E-state index contributed by atoms with van der Waals surface area (Å²) in [5.74, 6) is -0.437. The standard InChI is InChI=1S/C20H19N3O5/c1-13-7-6-10-16(11-13)27-14(2)19(25)26-12-17(24)21-20-23-22-18(28-20)15-8-4-3-5-9-15/h3-11,14H,12H2,1-2H3,(H,21,23,24)/t14-/m0/s1. The summed E-state index contributed by atoms with van der Waals surface area (Å²) in [5.41, 5.74) is 1.73. The zero-order valence-electron chi connectivity index (χ0n) is 15.4. The third kappa shape index (κ3) is 5.16. The zero-order valence-corrected chi connectivity index (χ0v) is 15.4. The maximum atomic E-state index is 12.0. The number of hydrogen-bond donors (Lipinski definition) is 1. The quantitative estimate of drug-likeness (QED) is 0.628.